The van der Waals surface area contributed by atoms with Gasteiger partial charge in [-0.25, -0.2) is 0 Å². The molecule has 1 fully saturated rings. The van der Waals surface area contributed by atoms with E-state index < -0.39 is 0 Å². The lowest BCUT2D eigenvalue weighted by molar-refractivity contribution is 0.0939. The van der Waals surface area contributed by atoms with Crippen LogP contribution in [0.2, 0.25) is 0 Å². The number of benzene rings is 1. The summed E-state index contributed by atoms with van der Waals surface area (Å²) in [5.74, 6) is 1.48. The van der Waals surface area contributed by atoms with E-state index in [0.29, 0.717) is 6.04 Å². The first-order chi connectivity index (χ1) is 13.0. The molecule has 1 N–H and O–H groups in total. The maximum absolute atomic E-state index is 13.0. The zero-order valence-electron chi connectivity index (χ0n) is 16.4. The molecular formula is C22H28N2O3. The van der Waals surface area contributed by atoms with Crippen LogP contribution in [0.3, 0.4) is 0 Å². The largest absolute Gasteiger partial charge is 0.454 e. The fourth-order valence-electron chi connectivity index (χ4n) is 4.45. The molecule has 1 unspecified atom stereocenters. The highest BCUT2D eigenvalue weighted by Gasteiger charge is 2.24. The van der Waals surface area contributed by atoms with E-state index in [0.717, 1.165) is 28.3 Å². The Morgan fingerprint density at radius 2 is 1.85 bits per heavy atom. The number of nitrogens with one attached hydrogen (secondary N) is 1. The van der Waals surface area contributed by atoms with Crippen LogP contribution in [0.25, 0.3) is 0 Å². The second kappa shape index (κ2) is 7.29. The monoisotopic (exact) mass is 368 g/mol. The molecule has 5 nitrogen and oxygen atoms in total. The van der Waals surface area contributed by atoms with Crippen LogP contribution in [-0.2, 0) is 0 Å². The lowest BCUT2D eigenvalue weighted by Crippen LogP contribution is -2.27. The van der Waals surface area contributed by atoms with Gasteiger partial charge < -0.3 is 19.4 Å². The zero-order chi connectivity index (χ0) is 19.0. The molecule has 1 aromatic carbocycles. The van der Waals surface area contributed by atoms with E-state index in [1.54, 1.807) is 0 Å². The Morgan fingerprint density at radius 1 is 1.11 bits per heavy atom. The van der Waals surface area contributed by atoms with E-state index in [4.69, 9.17) is 9.47 Å². The molecule has 0 radical (unpaired) electrons. The summed E-state index contributed by atoms with van der Waals surface area (Å²) in [6.45, 7) is 6.43. The zero-order valence-corrected chi connectivity index (χ0v) is 16.4. The fourth-order valence-corrected chi connectivity index (χ4v) is 4.45. The van der Waals surface area contributed by atoms with Crippen molar-refractivity contribution in [1.82, 2.24) is 9.88 Å². The number of fused-ring (bicyclic) bond motifs is 1. The Kier molecular flexibility index (Phi) is 4.85. The molecule has 27 heavy (non-hydrogen) atoms. The Morgan fingerprint density at radius 3 is 2.63 bits per heavy atom. The number of amides is 1. The Balaban J connectivity index is 1.51. The summed E-state index contributed by atoms with van der Waals surface area (Å²) in [6, 6.07) is 8.28. The first-order valence-electron chi connectivity index (χ1n) is 9.93. The van der Waals surface area contributed by atoms with E-state index in [2.05, 4.69) is 23.7 Å². The summed E-state index contributed by atoms with van der Waals surface area (Å²) in [4.78, 5) is 13.0. The van der Waals surface area contributed by atoms with Crippen LogP contribution in [-0.4, -0.2) is 17.3 Å². The third-order valence-corrected chi connectivity index (χ3v) is 5.91. The fraction of sp³-hybridized carbons (Fsp3) is 0.500. The molecular weight excluding hydrogens is 340 g/mol. The van der Waals surface area contributed by atoms with Crippen LogP contribution < -0.4 is 14.8 Å². The molecule has 0 spiro atoms. The van der Waals surface area contributed by atoms with E-state index in [9.17, 15) is 4.79 Å². The average Bonchev–Trinajstić information content (AvgIpc) is 3.25. The molecule has 2 heterocycles. The average molecular weight is 368 g/mol. The number of carbonyl (C=O) groups is 1. The van der Waals surface area contributed by atoms with Crippen LogP contribution in [0, 0.1) is 13.8 Å². The molecule has 0 saturated heterocycles. The SMILES string of the molecule is Cc1cc(C(=O)NC(C)c2ccc3c(c2)OCO3)c(C)n1C1CCCCC1. The van der Waals surface area contributed by atoms with Crippen LogP contribution >= 0.6 is 0 Å². The van der Waals surface area contributed by atoms with Crippen LogP contribution in [0.1, 0.15) is 78.4 Å². The third kappa shape index (κ3) is 3.43. The number of hydrogen-bond donors (Lipinski definition) is 1. The minimum Gasteiger partial charge on any atom is -0.454 e. The molecule has 2 aliphatic rings. The second-order valence-corrected chi connectivity index (χ2v) is 7.75. The molecule has 144 valence electrons. The van der Waals surface area contributed by atoms with Crippen molar-refractivity contribution in [2.75, 3.05) is 6.79 Å². The number of rotatable bonds is 4. The molecule has 1 aliphatic carbocycles. The van der Waals surface area contributed by atoms with Gasteiger partial charge in [0.2, 0.25) is 6.79 Å². The van der Waals surface area contributed by atoms with Gasteiger partial charge >= 0.3 is 0 Å². The Bertz CT molecular complexity index is 849. The molecule has 1 saturated carbocycles. The van der Waals surface area contributed by atoms with Gasteiger partial charge in [0.15, 0.2) is 11.5 Å². The third-order valence-electron chi connectivity index (χ3n) is 5.91. The quantitative estimate of drug-likeness (QED) is 0.841. The van der Waals surface area contributed by atoms with Crippen LogP contribution in [0.5, 0.6) is 11.5 Å². The van der Waals surface area contributed by atoms with Crippen molar-refractivity contribution in [2.45, 2.75) is 65.0 Å². The van der Waals surface area contributed by atoms with Gasteiger partial charge in [-0.1, -0.05) is 25.3 Å². The van der Waals surface area contributed by atoms with Gasteiger partial charge in [0.1, 0.15) is 0 Å². The number of hydrogen-bond acceptors (Lipinski definition) is 3. The molecule has 1 aromatic heterocycles. The van der Waals surface area contributed by atoms with Gasteiger partial charge in [-0.05, 0) is 57.4 Å². The number of aryl methyl sites for hydroxylation is 1. The van der Waals surface area contributed by atoms with Gasteiger partial charge in [-0.2, -0.15) is 0 Å². The molecule has 1 amide bonds. The number of nitrogens with zero attached hydrogens (tertiary/aromatic N) is 1. The van der Waals surface area contributed by atoms with Crippen LogP contribution in [0.15, 0.2) is 24.3 Å². The first kappa shape index (κ1) is 18.0. The maximum atomic E-state index is 13.0. The minimum atomic E-state index is -0.107. The van der Waals surface area contributed by atoms with Crippen LogP contribution in [0.4, 0.5) is 0 Å². The highest BCUT2D eigenvalue weighted by molar-refractivity contribution is 5.96. The number of aromatic nitrogens is 1. The lowest BCUT2D eigenvalue weighted by atomic mass is 9.95. The van der Waals surface area contributed by atoms with Crippen molar-refractivity contribution in [3.05, 3.63) is 46.8 Å². The lowest BCUT2D eigenvalue weighted by Gasteiger charge is -2.26. The summed E-state index contributed by atoms with van der Waals surface area (Å²) >= 11 is 0. The summed E-state index contributed by atoms with van der Waals surface area (Å²) in [6.07, 6.45) is 6.32. The van der Waals surface area contributed by atoms with E-state index in [1.807, 2.05) is 31.2 Å². The van der Waals surface area contributed by atoms with Crippen molar-refractivity contribution in [3.8, 4) is 11.5 Å². The van der Waals surface area contributed by atoms with Gasteiger partial charge in [-0.15, -0.1) is 0 Å². The van der Waals surface area contributed by atoms with Gasteiger partial charge in [-0.3, -0.25) is 4.79 Å². The van der Waals surface area contributed by atoms with E-state index in [1.165, 1.54) is 37.8 Å². The second-order valence-electron chi connectivity index (χ2n) is 7.75. The van der Waals surface area contributed by atoms with Gasteiger partial charge in [0, 0.05) is 17.4 Å². The predicted molar refractivity (Wildman–Crippen MR) is 104 cm³/mol. The topological polar surface area (TPSA) is 52.5 Å². The normalized spacial score (nSPS) is 17.7. The molecule has 4 rings (SSSR count). The Hall–Kier alpha value is -2.43. The molecule has 0 bridgehead atoms. The minimum absolute atomic E-state index is 0.0182. The number of ether oxygens (including phenoxy) is 2. The standard InChI is InChI=1S/C22H28N2O3/c1-14-11-19(16(3)24(14)18-7-5-4-6-8-18)22(25)23-15(2)17-9-10-20-21(12-17)27-13-26-20/h9-12,15,18H,4-8,13H2,1-3H3,(H,23,25). The van der Waals surface area contributed by atoms with E-state index in [-0.39, 0.29) is 18.7 Å². The molecule has 1 atom stereocenters. The predicted octanol–water partition coefficient (Wildman–Crippen LogP) is 4.83. The summed E-state index contributed by atoms with van der Waals surface area (Å²) in [5.41, 5.74) is 4.05. The van der Waals surface area contributed by atoms with Crippen molar-refractivity contribution < 1.29 is 14.3 Å². The van der Waals surface area contributed by atoms with E-state index >= 15 is 0 Å². The summed E-state index contributed by atoms with van der Waals surface area (Å²) in [7, 11) is 0. The maximum Gasteiger partial charge on any atom is 0.253 e. The summed E-state index contributed by atoms with van der Waals surface area (Å²) < 4.78 is 13.2. The van der Waals surface area contributed by atoms with Crippen molar-refractivity contribution >= 4 is 5.91 Å². The highest BCUT2D eigenvalue weighted by Crippen LogP contribution is 2.35. The molecule has 2 aromatic rings. The van der Waals surface area contributed by atoms with Gasteiger partial charge in [0.05, 0.1) is 11.6 Å². The molecule has 5 heteroatoms. The van der Waals surface area contributed by atoms with Crippen molar-refractivity contribution in [3.63, 3.8) is 0 Å². The molecule has 1 aliphatic heterocycles. The Labute approximate surface area is 160 Å². The highest BCUT2D eigenvalue weighted by atomic mass is 16.7. The van der Waals surface area contributed by atoms with Gasteiger partial charge in [0.25, 0.3) is 5.91 Å². The van der Waals surface area contributed by atoms with Crippen molar-refractivity contribution in [1.29, 1.82) is 0 Å². The smallest absolute Gasteiger partial charge is 0.253 e. The number of carbonyl (C=O) groups excluding carboxylic acids is 1. The van der Waals surface area contributed by atoms with Crippen molar-refractivity contribution in [2.24, 2.45) is 0 Å². The first-order valence-corrected chi connectivity index (χ1v) is 9.93. The summed E-state index contributed by atoms with van der Waals surface area (Å²) in [5, 5.41) is 3.14.